The number of piperidine rings is 1. The lowest BCUT2D eigenvalue weighted by atomic mass is 9.98. The minimum atomic E-state index is -3.75. The Hall–Kier alpha value is -2.49. The molecule has 1 aliphatic rings. The summed E-state index contributed by atoms with van der Waals surface area (Å²) >= 11 is 6.13. The Balaban J connectivity index is 1.77. The van der Waals surface area contributed by atoms with Gasteiger partial charge in [0, 0.05) is 25.2 Å². The third kappa shape index (κ3) is 5.54. The standard InChI is InChI=1S/C23H29ClN2O6S/c1-5-32-20-9-8-17(11-15(20)2)33(28,29)26-10-6-7-16(14-26)23(27)25-19-13-21(30-3)18(24)12-22(19)31-4/h8-9,11-13,16H,5-7,10,14H2,1-4H3,(H,25,27)/t16-/m0/s1. The van der Waals surface area contributed by atoms with Crippen LogP contribution in [-0.2, 0) is 14.8 Å². The molecule has 8 nitrogen and oxygen atoms in total. The number of anilines is 1. The summed E-state index contributed by atoms with van der Waals surface area (Å²) < 4.78 is 43.9. The number of hydrogen-bond acceptors (Lipinski definition) is 6. The average molecular weight is 497 g/mol. The van der Waals surface area contributed by atoms with Crippen LogP contribution < -0.4 is 19.5 Å². The van der Waals surface area contributed by atoms with Crippen LogP contribution in [0.25, 0.3) is 0 Å². The summed E-state index contributed by atoms with van der Waals surface area (Å²) in [5, 5.41) is 3.19. The van der Waals surface area contributed by atoms with Gasteiger partial charge in [-0.2, -0.15) is 4.31 Å². The molecule has 1 heterocycles. The Labute approximate surface area is 199 Å². The Morgan fingerprint density at radius 2 is 1.88 bits per heavy atom. The third-order valence-corrected chi connectivity index (χ3v) is 7.73. The first-order valence-corrected chi connectivity index (χ1v) is 12.5. The average Bonchev–Trinajstić information content (AvgIpc) is 2.81. The monoisotopic (exact) mass is 496 g/mol. The van der Waals surface area contributed by atoms with Crippen molar-refractivity contribution in [2.24, 2.45) is 5.92 Å². The fraction of sp³-hybridized carbons (Fsp3) is 0.435. The number of carbonyl (C=O) groups excluding carboxylic acids is 1. The van der Waals surface area contributed by atoms with Crippen molar-refractivity contribution in [1.29, 1.82) is 0 Å². The number of amides is 1. The number of rotatable bonds is 8. The molecule has 3 rings (SSSR count). The molecule has 33 heavy (non-hydrogen) atoms. The van der Waals surface area contributed by atoms with E-state index in [1.165, 1.54) is 18.5 Å². The highest BCUT2D eigenvalue weighted by atomic mass is 35.5. The molecular weight excluding hydrogens is 468 g/mol. The van der Waals surface area contributed by atoms with Crippen LogP contribution >= 0.6 is 11.6 Å². The van der Waals surface area contributed by atoms with E-state index in [1.807, 2.05) is 13.8 Å². The van der Waals surface area contributed by atoms with Gasteiger partial charge >= 0.3 is 0 Å². The zero-order valence-corrected chi connectivity index (χ0v) is 20.8. The number of nitrogens with one attached hydrogen (secondary N) is 1. The maximum Gasteiger partial charge on any atom is 0.243 e. The molecule has 10 heteroatoms. The number of benzene rings is 2. The van der Waals surface area contributed by atoms with E-state index in [0.29, 0.717) is 54.0 Å². The van der Waals surface area contributed by atoms with Gasteiger partial charge in [-0.25, -0.2) is 8.42 Å². The van der Waals surface area contributed by atoms with Crippen molar-refractivity contribution in [3.8, 4) is 17.2 Å². The number of halogens is 1. The van der Waals surface area contributed by atoms with Crippen molar-refractivity contribution in [2.45, 2.75) is 31.6 Å². The number of aryl methyl sites for hydroxylation is 1. The normalized spacial score (nSPS) is 16.8. The van der Waals surface area contributed by atoms with Gasteiger partial charge in [0.15, 0.2) is 0 Å². The van der Waals surface area contributed by atoms with Gasteiger partial charge in [0.1, 0.15) is 17.2 Å². The fourth-order valence-corrected chi connectivity index (χ4v) is 5.66. The molecular formula is C23H29ClN2O6S. The molecule has 2 aromatic carbocycles. The van der Waals surface area contributed by atoms with E-state index in [-0.39, 0.29) is 17.3 Å². The fourth-order valence-electron chi connectivity index (χ4n) is 3.82. The van der Waals surface area contributed by atoms with Gasteiger partial charge in [-0.3, -0.25) is 4.79 Å². The Kier molecular flexibility index (Phi) is 8.10. The van der Waals surface area contributed by atoms with E-state index in [0.717, 1.165) is 5.56 Å². The Morgan fingerprint density at radius 1 is 1.15 bits per heavy atom. The maximum absolute atomic E-state index is 13.3. The predicted molar refractivity (Wildman–Crippen MR) is 127 cm³/mol. The molecule has 2 aromatic rings. The molecule has 1 amide bonds. The minimum Gasteiger partial charge on any atom is -0.495 e. The van der Waals surface area contributed by atoms with E-state index in [4.69, 9.17) is 25.8 Å². The zero-order chi connectivity index (χ0) is 24.2. The molecule has 0 radical (unpaired) electrons. The number of hydrogen-bond donors (Lipinski definition) is 1. The Morgan fingerprint density at radius 3 is 2.52 bits per heavy atom. The van der Waals surface area contributed by atoms with Crippen molar-refractivity contribution >= 4 is 33.2 Å². The van der Waals surface area contributed by atoms with E-state index >= 15 is 0 Å². The van der Waals surface area contributed by atoms with E-state index < -0.39 is 15.9 Å². The zero-order valence-electron chi connectivity index (χ0n) is 19.2. The summed E-state index contributed by atoms with van der Waals surface area (Å²) in [4.78, 5) is 13.2. The quantitative estimate of drug-likeness (QED) is 0.591. The highest BCUT2D eigenvalue weighted by Gasteiger charge is 2.34. The van der Waals surface area contributed by atoms with Gasteiger partial charge in [0.05, 0.1) is 42.3 Å². The molecule has 0 unspecified atom stereocenters. The van der Waals surface area contributed by atoms with Gasteiger partial charge in [-0.1, -0.05) is 11.6 Å². The van der Waals surface area contributed by atoms with E-state index in [9.17, 15) is 13.2 Å². The van der Waals surface area contributed by atoms with Crippen molar-refractivity contribution < 1.29 is 27.4 Å². The molecule has 0 spiro atoms. The van der Waals surface area contributed by atoms with Crippen LogP contribution in [0.15, 0.2) is 35.2 Å². The van der Waals surface area contributed by atoms with Crippen LogP contribution in [0.3, 0.4) is 0 Å². The van der Waals surface area contributed by atoms with Crippen LogP contribution in [0.1, 0.15) is 25.3 Å². The molecule has 1 saturated heterocycles. The number of sulfonamides is 1. The first-order valence-electron chi connectivity index (χ1n) is 10.7. The molecule has 180 valence electrons. The highest BCUT2D eigenvalue weighted by Crippen LogP contribution is 2.36. The van der Waals surface area contributed by atoms with Gasteiger partial charge in [-0.05, 0) is 50.5 Å². The van der Waals surface area contributed by atoms with Crippen molar-refractivity contribution in [3.63, 3.8) is 0 Å². The lowest BCUT2D eigenvalue weighted by molar-refractivity contribution is -0.120. The number of carbonyl (C=O) groups is 1. The first-order chi connectivity index (χ1) is 15.7. The molecule has 0 aromatic heterocycles. The SMILES string of the molecule is CCOc1ccc(S(=O)(=O)N2CCC[C@H](C(=O)Nc3cc(OC)c(Cl)cc3OC)C2)cc1C. The smallest absolute Gasteiger partial charge is 0.243 e. The molecule has 1 aliphatic heterocycles. The summed E-state index contributed by atoms with van der Waals surface area (Å²) in [5.74, 6) is 0.634. The van der Waals surface area contributed by atoms with Crippen LogP contribution in [0.4, 0.5) is 5.69 Å². The van der Waals surface area contributed by atoms with E-state index in [2.05, 4.69) is 5.32 Å². The second-order valence-electron chi connectivity index (χ2n) is 7.74. The van der Waals surface area contributed by atoms with Crippen LogP contribution in [-0.4, -0.2) is 52.5 Å². The maximum atomic E-state index is 13.3. The number of ether oxygens (including phenoxy) is 3. The molecule has 0 aliphatic carbocycles. The molecule has 1 fully saturated rings. The highest BCUT2D eigenvalue weighted by molar-refractivity contribution is 7.89. The summed E-state index contributed by atoms with van der Waals surface area (Å²) in [5.41, 5.74) is 1.15. The molecule has 1 atom stereocenters. The van der Waals surface area contributed by atoms with Gasteiger partial charge in [-0.15, -0.1) is 0 Å². The summed E-state index contributed by atoms with van der Waals surface area (Å²) in [6.07, 6.45) is 1.15. The lowest BCUT2D eigenvalue weighted by Gasteiger charge is -2.31. The van der Waals surface area contributed by atoms with E-state index in [1.54, 1.807) is 30.3 Å². The summed E-state index contributed by atoms with van der Waals surface area (Å²) in [6, 6.07) is 7.96. The van der Waals surface area contributed by atoms with Gasteiger partial charge in [0.25, 0.3) is 0 Å². The van der Waals surface area contributed by atoms with Crippen molar-refractivity contribution in [1.82, 2.24) is 4.31 Å². The minimum absolute atomic E-state index is 0.0907. The van der Waals surface area contributed by atoms with Gasteiger partial charge < -0.3 is 19.5 Å². The molecule has 0 bridgehead atoms. The summed E-state index contributed by atoms with van der Waals surface area (Å²) in [7, 11) is -0.797. The second-order valence-corrected chi connectivity index (χ2v) is 10.1. The summed E-state index contributed by atoms with van der Waals surface area (Å²) in [6.45, 7) is 4.63. The largest absolute Gasteiger partial charge is 0.495 e. The molecule has 0 saturated carbocycles. The lowest BCUT2D eigenvalue weighted by Crippen LogP contribution is -2.43. The van der Waals surface area contributed by atoms with Crippen molar-refractivity contribution in [3.05, 3.63) is 40.9 Å². The van der Waals surface area contributed by atoms with Crippen LogP contribution in [0, 0.1) is 12.8 Å². The predicted octanol–water partition coefficient (Wildman–Crippen LogP) is 4.10. The third-order valence-electron chi connectivity index (χ3n) is 5.57. The van der Waals surface area contributed by atoms with Gasteiger partial charge in [0.2, 0.25) is 15.9 Å². The number of nitrogens with zero attached hydrogens (tertiary/aromatic N) is 1. The first kappa shape index (κ1) is 25.1. The van der Waals surface area contributed by atoms with Crippen LogP contribution in [0.5, 0.6) is 17.2 Å². The topological polar surface area (TPSA) is 94.2 Å². The second kappa shape index (κ2) is 10.6. The molecule has 1 N–H and O–H groups in total. The number of methoxy groups -OCH3 is 2. The van der Waals surface area contributed by atoms with Crippen molar-refractivity contribution in [2.75, 3.05) is 39.2 Å². The van der Waals surface area contributed by atoms with Crippen LogP contribution in [0.2, 0.25) is 5.02 Å². The Bertz CT molecular complexity index is 1120.